The number of aliphatic hydroxyl groups is 1. The van der Waals surface area contributed by atoms with Gasteiger partial charge in [0.25, 0.3) is 0 Å². The number of likely N-dealkylation sites (tertiary alicyclic amines) is 1. The molecule has 16 aromatic rings. The maximum Gasteiger partial charge on any atom is 0.410 e. The third-order valence-electron chi connectivity index (χ3n) is 22.9. The molecular weight excluding hydrogens is 1770 g/mol. The number of aliphatic carboxylic acids is 2. The highest BCUT2D eigenvalue weighted by Crippen LogP contribution is 2.42. The molecule has 8 aromatic carbocycles. The standard InChI is InChI=1S/C34H42N6O4.C23H23N5O5.C22H24N6O2.C22H21N5O4.CH4/c1-34(2,3)44-33(41)38-12-10-24(11-13-38)20-39-22-25(18-36-39)32-19-35-30-9-8-26(16-31(30)37-32)40(21-23-6-7-23)27-14-28(42-4)17-29(15-27)43-5;1-32-18-7-17(8-19(10-18)33-2)28(14-23(30)31)16-3-4-20-21(9-16)26-22(12-24-20)15-11-25-27(13-15)5-6-29;1-27-14-15(12-25-27)22-13-24-20-5-4-16(10-21(20)26-22)28(7-6-23)17-8-18(29-2)11-19(9-17)30-3;1-26-12-14(10-24-26)21-11-23-19-5-4-15(8-20(19)25-21)27(13-22(28)29)16-6-17(30-2)9-18(7-16)31-3;/h8-9,14-19,22-24H,6-7,10-13,20-21H2,1-5H3;3-4,7-13,29H,5-6,14H2,1-2H3,(H,30,31);4-5,8-14H,6-7,23H2,1-3H3;4-12H,13H2,1-3H3,(H,28,29);1H4. The van der Waals surface area contributed by atoms with E-state index in [9.17, 15) is 24.6 Å². The van der Waals surface area contributed by atoms with Crippen LogP contribution < -0.4 is 63.2 Å². The van der Waals surface area contributed by atoms with Crippen LogP contribution in [0.15, 0.2) is 220 Å². The number of aromatic nitrogens is 16. The van der Waals surface area contributed by atoms with E-state index in [-0.39, 0.29) is 33.2 Å². The van der Waals surface area contributed by atoms with Crippen molar-refractivity contribution in [2.75, 3.05) is 129 Å². The minimum absolute atomic E-state index is 0. The van der Waals surface area contributed by atoms with Crippen molar-refractivity contribution in [1.82, 2.24) is 83.9 Å². The van der Waals surface area contributed by atoms with Gasteiger partial charge >= 0.3 is 18.0 Å². The normalized spacial score (nSPS) is 12.4. The number of ether oxygens (including phenoxy) is 9. The van der Waals surface area contributed by atoms with Gasteiger partial charge in [0.1, 0.15) is 64.7 Å². The minimum atomic E-state index is -0.993. The molecule has 0 unspecified atom stereocenters. The lowest BCUT2D eigenvalue weighted by atomic mass is 9.97. The van der Waals surface area contributed by atoms with Crippen LogP contribution in [0.25, 0.3) is 89.2 Å². The fraction of sp³-hybridized carbons (Fsp3) is 0.304. The Labute approximate surface area is 803 Å². The summed E-state index contributed by atoms with van der Waals surface area (Å²) in [5.74, 6) is 4.29. The second-order valence-corrected chi connectivity index (χ2v) is 33.8. The molecular formula is C102H114N22O15. The number of benzene rings is 8. The van der Waals surface area contributed by atoms with Crippen molar-refractivity contribution < 1.29 is 72.3 Å². The van der Waals surface area contributed by atoms with Gasteiger partial charge in [0.05, 0.1) is 187 Å². The van der Waals surface area contributed by atoms with E-state index in [4.69, 9.17) is 78.4 Å². The van der Waals surface area contributed by atoms with Crippen LogP contribution in [-0.4, -0.2) is 232 Å². The summed E-state index contributed by atoms with van der Waals surface area (Å²) in [6.45, 7) is 9.77. The largest absolute Gasteiger partial charge is 0.497 e. The van der Waals surface area contributed by atoms with Gasteiger partial charge in [-0.3, -0.25) is 48.3 Å². The number of rotatable bonds is 32. The number of hydrogen-bond acceptors (Lipinski definition) is 30. The molecule has 139 heavy (non-hydrogen) atoms. The molecule has 1 amide bonds. The number of carbonyl (C=O) groups excluding carboxylic acids is 1. The second-order valence-electron chi connectivity index (χ2n) is 33.8. The van der Waals surface area contributed by atoms with Gasteiger partial charge < -0.3 is 88.2 Å². The Bertz CT molecular complexity index is 6880. The highest BCUT2D eigenvalue weighted by Gasteiger charge is 2.30. The summed E-state index contributed by atoms with van der Waals surface area (Å²) < 4.78 is 55.9. The van der Waals surface area contributed by atoms with E-state index in [1.165, 1.54) is 27.1 Å². The molecule has 37 heteroatoms. The molecule has 0 atom stereocenters. The lowest BCUT2D eigenvalue weighted by Gasteiger charge is -2.33. The third kappa shape index (κ3) is 25.1. The topological polar surface area (TPSA) is 412 Å². The Balaban J connectivity index is 0.000000149. The van der Waals surface area contributed by atoms with E-state index in [1.54, 1.807) is 164 Å². The van der Waals surface area contributed by atoms with Crippen molar-refractivity contribution in [3.05, 3.63) is 220 Å². The predicted molar refractivity (Wildman–Crippen MR) is 533 cm³/mol. The fourth-order valence-electron chi connectivity index (χ4n) is 15.7. The number of carboxylic acids is 2. The Morgan fingerprint density at radius 3 is 1.02 bits per heavy atom. The van der Waals surface area contributed by atoms with Crippen molar-refractivity contribution in [3.63, 3.8) is 0 Å². The van der Waals surface area contributed by atoms with Crippen LogP contribution in [0.2, 0.25) is 0 Å². The van der Waals surface area contributed by atoms with Crippen LogP contribution in [0.4, 0.5) is 50.3 Å². The van der Waals surface area contributed by atoms with Gasteiger partial charge in [-0.05, 0) is 131 Å². The summed E-state index contributed by atoms with van der Waals surface area (Å²) >= 11 is 0. The van der Waals surface area contributed by atoms with Crippen LogP contribution >= 0.6 is 0 Å². The monoisotopic (exact) mass is 1890 g/mol. The van der Waals surface area contributed by atoms with Gasteiger partial charge in [0, 0.05) is 219 Å². The van der Waals surface area contributed by atoms with Gasteiger partial charge in [-0.25, -0.2) is 24.7 Å². The minimum Gasteiger partial charge on any atom is -0.497 e. The van der Waals surface area contributed by atoms with Gasteiger partial charge in [-0.1, -0.05) is 7.43 Å². The zero-order valence-electron chi connectivity index (χ0n) is 79.0. The Hall–Kier alpha value is -16.3. The number of fused-ring (bicyclic) bond motifs is 4. The van der Waals surface area contributed by atoms with Crippen molar-refractivity contribution >= 4 is 108 Å². The highest BCUT2D eigenvalue weighted by molar-refractivity contribution is 5.89. The number of anilines is 8. The van der Waals surface area contributed by atoms with Crippen molar-refractivity contribution in [3.8, 4) is 91.0 Å². The highest BCUT2D eigenvalue weighted by atomic mass is 16.6. The first-order valence-corrected chi connectivity index (χ1v) is 44.6. The number of aryl methyl sites for hydroxylation is 2. The second kappa shape index (κ2) is 44.9. The first-order valence-electron chi connectivity index (χ1n) is 44.6. The number of nitrogens with two attached hydrogens (primary N) is 1. The van der Waals surface area contributed by atoms with Gasteiger partial charge in [0.15, 0.2) is 0 Å². The Morgan fingerprint density at radius 2 is 0.705 bits per heavy atom. The first-order chi connectivity index (χ1) is 66.7. The summed E-state index contributed by atoms with van der Waals surface area (Å²) in [6.07, 6.45) is 25.7. The number of nitrogens with zero attached hydrogens (tertiary/aromatic N) is 21. The zero-order chi connectivity index (χ0) is 97.3. The molecule has 1 saturated carbocycles. The van der Waals surface area contributed by atoms with Crippen LogP contribution in [0, 0.1) is 11.8 Å². The third-order valence-corrected chi connectivity index (χ3v) is 22.9. The SMILES string of the molecule is C.COc1cc(OC)cc(N(CC(=O)O)c2ccc3ncc(-c4cnn(C)c4)nc3c2)c1.COc1cc(OC)cc(N(CC(=O)O)c2ccc3ncc(-c4cnn(CCO)c4)nc3c2)c1.COc1cc(OC)cc(N(CC2CC2)c2ccc3ncc(-c4cnn(CC5CCN(C(=O)OC(C)(C)C)CC5)c4)nc3c2)c1.COc1cc(OC)cc(N(CCN)c2ccc3ncc(-c4cnn(C)c4)nc3c2)c1. The van der Waals surface area contributed by atoms with E-state index in [1.807, 2.05) is 154 Å². The molecule has 1 aliphatic carbocycles. The number of aliphatic hydroxyl groups excluding tert-OH is 1. The summed E-state index contributed by atoms with van der Waals surface area (Å²) in [4.78, 5) is 82.7. The van der Waals surface area contributed by atoms with E-state index in [0.717, 1.165) is 116 Å². The predicted octanol–water partition coefficient (Wildman–Crippen LogP) is 16.5. The lowest BCUT2D eigenvalue weighted by molar-refractivity contribution is -0.136. The van der Waals surface area contributed by atoms with Gasteiger partial charge in [-0.2, -0.15) is 20.4 Å². The van der Waals surface area contributed by atoms with Crippen LogP contribution in [0.1, 0.15) is 53.9 Å². The molecule has 1 aliphatic heterocycles. The molecule has 0 spiro atoms. The number of piperidine rings is 1. The molecule has 5 N–H and O–H groups in total. The number of hydrogen-bond donors (Lipinski definition) is 4. The summed E-state index contributed by atoms with van der Waals surface area (Å²) in [5.41, 5.74) is 24.2. The Morgan fingerprint density at radius 1 is 0.388 bits per heavy atom. The summed E-state index contributed by atoms with van der Waals surface area (Å²) in [7, 11) is 16.5. The molecule has 18 rings (SSSR count). The van der Waals surface area contributed by atoms with Crippen LogP contribution in [-0.2, 0) is 41.5 Å². The zero-order valence-corrected chi connectivity index (χ0v) is 79.0. The smallest absolute Gasteiger partial charge is 0.410 e. The van der Waals surface area contributed by atoms with Crippen LogP contribution in [0.5, 0.6) is 46.0 Å². The molecule has 2 fully saturated rings. The molecule has 9 heterocycles. The first kappa shape index (κ1) is 98.7. The number of carboxylic acid groups (broad SMARTS) is 2. The molecule has 1 saturated heterocycles. The molecule has 722 valence electrons. The maximum absolute atomic E-state index is 12.4. The average Bonchev–Trinajstić information content (AvgIpc) is 1.68. The van der Waals surface area contributed by atoms with Crippen molar-refractivity contribution in [1.29, 1.82) is 0 Å². The lowest BCUT2D eigenvalue weighted by Crippen LogP contribution is -2.42. The molecule has 0 radical (unpaired) electrons. The van der Waals surface area contributed by atoms with Gasteiger partial charge in [0.2, 0.25) is 0 Å². The average molecular weight is 1890 g/mol. The molecule has 2 aliphatic rings. The van der Waals surface area contributed by atoms with Crippen molar-refractivity contribution in [2.45, 2.75) is 72.6 Å². The Kier molecular flexibility index (Phi) is 31.9. The van der Waals surface area contributed by atoms with E-state index in [2.05, 4.69) is 57.3 Å². The molecule has 0 bridgehead atoms. The van der Waals surface area contributed by atoms with E-state index in [0.29, 0.717) is 135 Å². The van der Waals surface area contributed by atoms with E-state index >= 15 is 0 Å². The van der Waals surface area contributed by atoms with Crippen LogP contribution in [0.3, 0.4) is 0 Å². The fourth-order valence-corrected chi connectivity index (χ4v) is 15.7. The molecule has 8 aromatic heterocycles. The number of carbonyl (C=O) groups is 3. The van der Waals surface area contributed by atoms with E-state index < -0.39 is 17.5 Å². The maximum atomic E-state index is 12.4. The number of amides is 1. The summed E-state index contributed by atoms with van der Waals surface area (Å²) in [5, 5.41) is 45.4. The van der Waals surface area contributed by atoms with Crippen molar-refractivity contribution in [2.24, 2.45) is 31.7 Å². The summed E-state index contributed by atoms with van der Waals surface area (Å²) in [6, 6.07) is 45.3. The van der Waals surface area contributed by atoms with Gasteiger partial charge in [-0.15, -0.1) is 0 Å². The number of methoxy groups -OCH3 is 8. The quantitative estimate of drug-likeness (QED) is 0.0304. The molecule has 37 nitrogen and oxygen atoms in total.